The Bertz CT molecular complexity index is 552. The van der Waals surface area contributed by atoms with E-state index in [1.54, 1.807) is 6.26 Å². The van der Waals surface area contributed by atoms with Gasteiger partial charge in [0.25, 0.3) is 0 Å². The summed E-state index contributed by atoms with van der Waals surface area (Å²) in [5.41, 5.74) is 4.30. The van der Waals surface area contributed by atoms with Gasteiger partial charge in [-0.25, -0.2) is 9.97 Å². The number of likely N-dealkylation sites (N-methyl/N-ethyl adjacent to an activating group) is 1. The maximum atomic E-state index is 5.32. The van der Waals surface area contributed by atoms with Gasteiger partial charge in [0.15, 0.2) is 5.82 Å². The van der Waals surface area contributed by atoms with Crippen molar-refractivity contribution in [1.29, 1.82) is 0 Å². The molecule has 4 nitrogen and oxygen atoms in total. The third-order valence-electron chi connectivity index (χ3n) is 3.43. The SMILES string of the molecule is CNCC(C)c1c(C)nc(-c2ccoc2C)nc1C. The van der Waals surface area contributed by atoms with E-state index in [2.05, 4.69) is 36.1 Å². The number of furan rings is 1. The van der Waals surface area contributed by atoms with Crippen LogP contribution in [0.3, 0.4) is 0 Å². The maximum absolute atomic E-state index is 5.32. The average Bonchev–Trinajstić information content (AvgIpc) is 2.74. The van der Waals surface area contributed by atoms with E-state index in [-0.39, 0.29) is 0 Å². The third-order valence-corrected chi connectivity index (χ3v) is 3.43. The van der Waals surface area contributed by atoms with Gasteiger partial charge in [0.2, 0.25) is 0 Å². The van der Waals surface area contributed by atoms with E-state index in [0.717, 1.165) is 35.1 Å². The molecule has 0 aliphatic heterocycles. The Morgan fingerprint density at radius 1 is 1.21 bits per heavy atom. The molecule has 0 radical (unpaired) electrons. The molecule has 2 aromatic heterocycles. The zero-order chi connectivity index (χ0) is 14.0. The Morgan fingerprint density at radius 3 is 2.32 bits per heavy atom. The van der Waals surface area contributed by atoms with Gasteiger partial charge in [-0.2, -0.15) is 0 Å². The molecule has 1 unspecified atom stereocenters. The molecule has 0 saturated heterocycles. The molecule has 0 saturated carbocycles. The minimum absolute atomic E-state index is 0.407. The van der Waals surface area contributed by atoms with Crippen molar-refractivity contribution < 1.29 is 4.42 Å². The van der Waals surface area contributed by atoms with Gasteiger partial charge in [-0.05, 0) is 45.4 Å². The first-order valence-corrected chi connectivity index (χ1v) is 6.58. The predicted octanol–water partition coefficient (Wildman–Crippen LogP) is 2.98. The summed E-state index contributed by atoms with van der Waals surface area (Å²) in [5, 5.41) is 3.20. The highest BCUT2D eigenvalue weighted by Crippen LogP contribution is 2.26. The molecule has 0 aliphatic carbocycles. The molecular weight excluding hydrogens is 238 g/mol. The molecule has 0 aliphatic rings. The minimum Gasteiger partial charge on any atom is -0.469 e. The van der Waals surface area contributed by atoms with Crippen LogP contribution in [0.4, 0.5) is 0 Å². The van der Waals surface area contributed by atoms with E-state index in [9.17, 15) is 0 Å². The quantitative estimate of drug-likeness (QED) is 0.917. The Kier molecular flexibility index (Phi) is 4.00. The van der Waals surface area contributed by atoms with Crippen LogP contribution in [0.2, 0.25) is 0 Å². The van der Waals surface area contributed by atoms with Crippen molar-refractivity contribution >= 4 is 0 Å². The lowest BCUT2D eigenvalue weighted by Crippen LogP contribution is -2.17. The van der Waals surface area contributed by atoms with Gasteiger partial charge in [-0.3, -0.25) is 0 Å². The molecule has 0 bridgehead atoms. The van der Waals surface area contributed by atoms with Crippen LogP contribution in [0, 0.1) is 20.8 Å². The van der Waals surface area contributed by atoms with Gasteiger partial charge in [0.05, 0.1) is 11.8 Å². The molecule has 1 N–H and O–H groups in total. The van der Waals surface area contributed by atoms with E-state index in [1.165, 1.54) is 5.56 Å². The molecule has 102 valence electrons. The molecule has 0 aromatic carbocycles. The zero-order valence-electron chi connectivity index (χ0n) is 12.2. The van der Waals surface area contributed by atoms with E-state index < -0.39 is 0 Å². The molecule has 19 heavy (non-hydrogen) atoms. The number of rotatable bonds is 4. The number of nitrogens with zero attached hydrogens (tertiary/aromatic N) is 2. The molecule has 2 rings (SSSR count). The van der Waals surface area contributed by atoms with Gasteiger partial charge >= 0.3 is 0 Å². The van der Waals surface area contributed by atoms with Crippen LogP contribution in [-0.2, 0) is 0 Å². The molecule has 0 fully saturated rings. The van der Waals surface area contributed by atoms with Crippen LogP contribution in [0.1, 0.15) is 35.6 Å². The van der Waals surface area contributed by atoms with Crippen molar-refractivity contribution in [2.75, 3.05) is 13.6 Å². The van der Waals surface area contributed by atoms with Crippen molar-refractivity contribution in [3.8, 4) is 11.4 Å². The summed E-state index contributed by atoms with van der Waals surface area (Å²) in [6, 6.07) is 1.92. The first kappa shape index (κ1) is 13.7. The number of nitrogens with one attached hydrogen (secondary N) is 1. The zero-order valence-corrected chi connectivity index (χ0v) is 12.2. The van der Waals surface area contributed by atoms with Gasteiger partial charge in [0, 0.05) is 17.9 Å². The molecule has 0 amide bonds. The summed E-state index contributed by atoms with van der Waals surface area (Å²) < 4.78 is 5.32. The fourth-order valence-corrected chi connectivity index (χ4v) is 2.58. The second-order valence-corrected chi connectivity index (χ2v) is 4.98. The van der Waals surface area contributed by atoms with Crippen LogP contribution >= 0.6 is 0 Å². The Hall–Kier alpha value is -1.68. The average molecular weight is 259 g/mol. The topological polar surface area (TPSA) is 51.0 Å². The lowest BCUT2D eigenvalue weighted by atomic mass is 9.98. The van der Waals surface area contributed by atoms with Crippen molar-refractivity contribution in [3.05, 3.63) is 35.0 Å². The van der Waals surface area contributed by atoms with Gasteiger partial charge in [-0.1, -0.05) is 6.92 Å². The van der Waals surface area contributed by atoms with Crippen molar-refractivity contribution in [3.63, 3.8) is 0 Å². The van der Waals surface area contributed by atoms with E-state index in [4.69, 9.17) is 4.42 Å². The number of hydrogen-bond acceptors (Lipinski definition) is 4. The summed E-state index contributed by atoms with van der Waals surface area (Å²) in [5.74, 6) is 2.01. The molecule has 4 heteroatoms. The summed E-state index contributed by atoms with van der Waals surface area (Å²) in [7, 11) is 1.96. The number of aromatic nitrogens is 2. The highest BCUT2D eigenvalue weighted by molar-refractivity contribution is 5.57. The molecule has 2 aromatic rings. The second-order valence-electron chi connectivity index (χ2n) is 4.98. The number of hydrogen-bond donors (Lipinski definition) is 1. The monoisotopic (exact) mass is 259 g/mol. The summed E-state index contributed by atoms with van der Waals surface area (Å²) in [6.07, 6.45) is 1.68. The lowest BCUT2D eigenvalue weighted by Gasteiger charge is -2.16. The highest BCUT2D eigenvalue weighted by atomic mass is 16.3. The molecule has 1 atom stereocenters. The van der Waals surface area contributed by atoms with E-state index >= 15 is 0 Å². The van der Waals surface area contributed by atoms with E-state index in [1.807, 2.05) is 20.0 Å². The van der Waals surface area contributed by atoms with Crippen LogP contribution in [-0.4, -0.2) is 23.6 Å². The predicted molar refractivity (Wildman–Crippen MR) is 76.3 cm³/mol. The minimum atomic E-state index is 0.407. The summed E-state index contributed by atoms with van der Waals surface area (Å²) in [4.78, 5) is 9.28. The van der Waals surface area contributed by atoms with E-state index in [0.29, 0.717) is 5.92 Å². The Morgan fingerprint density at radius 2 is 1.84 bits per heavy atom. The number of aryl methyl sites for hydroxylation is 3. The van der Waals surface area contributed by atoms with Crippen LogP contribution in [0.15, 0.2) is 16.7 Å². The second kappa shape index (κ2) is 5.53. The van der Waals surface area contributed by atoms with Gasteiger partial charge in [-0.15, -0.1) is 0 Å². The van der Waals surface area contributed by atoms with Gasteiger partial charge < -0.3 is 9.73 Å². The highest BCUT2D eigenvalue weighted by Gasteiger charge is 2.16. The smallest absolute Gasteiger partial charge is 0.163 e. The normalized spacial score (nSPS) is 12.7. The third kappa shape index (κ3) is 2.68. The first-order chi connectivity index (χ1) is 9.04. The summed E-state index contributed by atoms with van der Waals surface area (Å²) in [6.45, 7) is 9.15. The molecular formula is C15H21N3O. The molecule has 2 heterocycles. The Labute approximate surface area is 114 Å². The fraction of sp³-hybridized carbons (Fsp3) is 0.467. The fourth-order valence-electron chi connectivity index (χ4n) is 2.58. The van der Waals surface area contributed by atoms with Crippen molar-refractivity contribution in [2.24, 2.45) is 0 Å². The van der Waals surface area contributed by atoms with Gasteiger partial charge in [0.1, 0.15) is 5.76 Å². The standard InChI is InChI=1S/C15H21N3O/c1-9(8-16-5)14-10(2)17-15(18-11(14)3)13-6-7-19-12(13)4/h6-7,9,16H,8H2,1-5H3. The summed E-state index contributed by atoms with van der Waals surface area (Å²) >= 11 is 0. The molecule has 0 spiro atoms. The van der Waals surface area contributed by atoms with Crippen LogP contribution in [0.25, 0.3) is 11.4 Å². The van der Waals surface area contributed by atoms with Crippen LogP contribution in [0.5, 0.6) is 0 Å². The lowest BCUT2D eigenvalue weighted by molar-refractivity contribution is 0.535. The van der Waals surface area contributed by atoms with Crippen molar-refractivity contribution in [2.45, 2.75) is 33.6 Å². The largest absolute Gasteiger partial charge is 0.469 e. The maximum Gasteiger partial charge on any atom is 0.163 e. The Balaban J connectivity index is 2.45. The van der Waals surface area contributed by atoms with Crippen molar-refractivity contribution in [1.82, 2.24) is 15.3 Å². The first-order valence-electron chi connectivity index (χ1n) is 6.58. The van der Waals surface area contributed by atoms with Crippen LogP contribution < -0.4 is 5.32 Å².